The first-order chi connectivity index (χ1) is 8.24. The summed E-state index contributed by atoms with van der Waals surface area (Å²) in [4.78, 5) is 0. The van der Waals surface area contributed by atoms with Crippen molar-refractivity contribution >= 4 is 0 Å². The van der Waals surface area contributed by atoms with Crippen molar-refractivity contribution in [2.45, 2.75) is 52.0 Å². The standard InChI is InChI=1S/C16H25N/c1-3-13-17-15(16(2)11-12-16)10-9-14-7-5-4-6-8-14/h4-8,15,17H,3,9-13H2,1-2H3. The predicted octanol–water partition coefficient (Wildman–Crippen LogP) is 3.79. The molecule has 0 aliphatic heterocycles. The highest BCUT2D eigenvalue weighted by Gasteiger charge is 2.43. The van der Waals surface area contributed by atoms with Gasteiger partial charge in [-0.05, 0) is 49.6 Å². The van der Waals surface area contributed by atoms with Crippen LogP contribution in [0.4, 0.5) is 0 Å². The van der Waals surface area contributed by atoms with Crippen LogP contribution in [0.1, 0.15) is 45.1 Å². The molecule has 1 nitrogen and oxygen atoms in total. The normalized spacial score (nSPS) is 18.9. The van der Waals surface area contributed by atoms with Gasteiger partial charge in [0.1, 0.15) is 0 Å². The number of aryl methyl sites for hydroxylation is 1. The van der Waals surface area contributed by atoms with Gasteiger partial charge in [-0.2, -0.15) is 0 Å². The lowest BCUT2D eigenvalue weighted by atomic mass is 9.92. The van der Waals surface area contributed by atoms with Crippen molar-refractivity contribution in [3.8, 4) is 0 Å². The minimum atomic E-state index is 0.587. The van der Waals surface area contributed by atoms with Gasteiger partial charge in [0.05, 0.1) is 0 Å². The Kier molecular flexibility index (Phi) is 4.22. The van der Waals surface area contributed by atoms with Crippen LogP contribution < -0.4 is 5.32 Å². The van der Waals surface area contributed by atoms with Crippen molar-refractivity contribution in [2.24, 2.45) is 5.41 Å². The first-order valence-corrected chi connectivity index (χ1v) is 7.02. The van der Waals surface area contributed by atoms with Crippen LogP contribution in [0.15, 0.2) is 30.3 Å². The van der Waals surface area contributed by atoms with Gasteiger partial charge in [0, 0.05) is 6.04 Å². The van der Waals surface area contributed by atoms with Gasteiger partial charge < -0.3 is 5.32 Å². The molecule has 1 fully saturated rings. The molecule has 1 aliphatic rings. The molecule has 94 valence electrons. The average molecular weight is 231 g/mol. The summed E-state index contributed by atoms with van der Waals surface area (Å²) in [6, 6.07) is 11.6. The van der Waals surface area contributed by atoms with E-state index >= 15 is 0 Å². The lowest BCUT2D eigenvalue weighted by molar-refractivity contribution is 0.338. The number of hydrogen-bond acceptors (Lipinski definition) is 1. The fraction of sp³-hybridized carbons (Fsp3) is 0.625. The molecular formula is C16H25N. The molecule has 1 atom stereocenters. The molecule has 0 bridgehead atoms. The molecule has 0 radical (unpaired) electrons. The molecule has 17 heavy (non-hydrogen) atoms. The van der Waals surface area contributed by atoms with E-state index in [0.29, 0.717) is 11.5 Å². The molecule has 1 saturated carbocycles. The summed E-state index contributed by atoms with van der Waals surface area (Å²) in [5.74, 6) is 0. The summed E-state index contributed by atoms with van der Waals surface area (Å²) < 4.78 is 0. The number of hydrogen-bond donors (Lipinski definition) is 1. The first-order valence-electron chi connectivity index (χ1n) is 7.02. The Morgan fingerprint density at radius 2 is 1.94 bits per heavy atom. The van der Waals surface area contributed by atoms with E-state index in [1.54, 1.807) is 0 Å². The maximum Gasteiger partial charge on any atom is 0.0124 e. The van der Waals surface area contributed by atoms with E-state index in [1.165, 1.54) is 37.7 Å². The van der Waals surface area contributed by atoms with E-state index in [2.05, 4.69) is 49.5 Å². The Hall–Kier alpha value is -0.820. The highest BCUT2D eigenvalue weighted by atomic mass is 14.9. The summed E-state index contributed by atoms with van der Waals surface area (Å²) in [6.45, 7) is 5.84. The third-order valence-electron chi connectivity index (χ3n) is 4.09. The van der Waals surface area contributed by atoms with Crippen molar-refractivity contribution in [3.05, 3.63) is 35.9 Å². The van der Waals surface area contributed by atoms with Crippen LogP contribution in [0.2, 0.25) is 0 Å². The van der Waals surface area contributed by atoms with Crippen molar-refractivity contribution < 1.29 is 0 Å². The highest BCUT2D eigenvalue weighted by Crippen LogP contribution is 2.49. The lowest BCUT2D eigenvalue weighted by Crippen LogP contribution is -2.37. The molecule has 0 heterocycles. The minimum Gasteiger partial charge on any atom is -0.313 e. The summed E-state index contributed by atoms with van der Waals surface area (Å²) in [6.07, 6.45) is 6.53. The SMILES string of the molecule is CCCNC(CCc1ccccc1)C1(C)CC1. The molecule has 1 aromatic carbocycles. The Bertz CT molecular complexity index is 327. The van der Waals surface area contributed by atoms with Crippen LogP contribution in [0.25, 0.3) is 0 Å². The van der Waals surface area contributed by atoms with Crippen LogP contribution >= 0.6 is 0 Å². The van der Waals surface area contributed by atoms with Crippen LogP contribution in [0.3, 0.4) is 0 Å². The minimum absolute atomic E-state index is 0.587. The molecule has 0 spiro atoms. The summed E-state index contributed by atoms with van der Waals surface area (Å²) in [7, 11) is 0. The van der Waals surface area contributed by atoms with Crippen LogP contribution in [0.5, 0.6) is 0 Å². The molecule has 0 amide bonds. The second-order valence-corrected chi connectivity index (χ2v) is 5.69. The molecule has 2 rings (SSSR count). The van der Waals surface area contributed by atoms with Crippen LogP contribution in [-0.2, 0) is 6.42 Å². The smallest absolute Gasteiger partial charge is 0.0124 e. The zero-order valence-electron chi connectivity index (χ0n) is 11.2. The Morgan fingerprint density at radius 1 is 1.24 bits per heavy atom. The van der Waals surface area contributed by atoms with Gasteiger partial charge in [-0.3, -0.25) is 0 Å². The zero-order chi connectivity index (χ0) is 12.1. The summed E-state index contributed by atoms with van der Waals surface area (Å²) in [5, 5.41) is 3.74. The second-order valence-electron chi connectivity index (χ2n) is 5.69. The van der Waals surface area contributed by atoms with Crippen molar-refractivity contribution in [1.82, 2.24) is 5.32 Å². The molecule has 1 aliphatic carbocycles. The van der Waals surface area contributed by atoms with E-state index in [4.69, 9.17) is 0 Å². The van der Waals surface area contributed by atoms with Gasteiger partial charge in [0.25, 0.3) is 0 Å². The molecule has 1 aromatic rings. The van der Waals surface area contributed by atoms with Gasteiger partial charge in [0.2, 0.25) is 0 Å². The van der Waals surface area contributed by atoms with E-state index in [9.17, 15) is 0 Å². The molecule has 1 heteroatoms. The fourth-order valence-electron chi connectivity index (χ4n) is 2.52. The largest absolute Gasteiger partial charge is 0.313 e. The van der Waals surface area contributed by atoms with Gasteiger partial charge in [-0.1, -0.05) is 44.2 Å². The van der Waals surface area contributed by atoms with Crippen molar-refractivity contribution in [1.29, 1.82) is 0 Å². The zero-order valence-corrected chi connectivity index (χ0v) is 11.2. The highest BCUT2D eigenvalue weighted by molar-refractivity contribution is 5.15. The van der Waals surface area contributed by atoms with Gasteiger partial charge >= 0.3 is 0 Å². The first kappa shape index (κ1) is 12.6. The van der Waals surface area contributed by atoms with E-state index < -0.39 is 0 Å². The van der Waals surface area contributed by atoms with Crippen LogP contribution in [-0.4, -0.2) is 12.6 Å². The number of nitrogens with one attached hydrogen (secondary N) is 1. The summed E-state index contributed by atoms with van der Waals surface area (Å²) in [5.41, 5.74) is 2.06. The van der Waals surface area contributed by atoms with Crippen molar-refractivity contribution in [3.63, 3.8) is 0 Å². The van der Waals surface area contributed by atoms with E-state index in [0.717, 1.165) is 6.54 Å². The summed E-state index contributed by atoms with van der Waals surface area (Å²) >= 11 is 0. The fourth-order valence-corrected chi connectivity index (χ4v) is 2.52. The predicted molar refractivity (Wildman–Crippen MR) is 74.2 cm³/mol. The number of rotatable bonds is 7. The van der Waals surface area contributed by atoms with E-state index in [-0.39, 0.29) is 0 Å². The second kappa shape index (κ2) is 5.68. The van der Waals surface area contributed by atoms with Gasteiger partial charge in [0.15, 0.2) is 0 Å². The molecule has 1 unspecified atom stereocenters. The quantitative estimate of drug-likeness (QED) is 0.753. The molecular weight excluding hydrogens is 206 g/mol. The maximum absolute atomic E-state index is 3.74. The number of benzene rings is 1. The Labute approximate surface area is 106 Å². The van der Waals surface area contributed by atoms with Crippen LogP contribution in [0, 0.1) is 5.41 Å². The maximum atomic E-state index is 3.74. The monoisotopic (exact) mass is 231 g/mol. The third-order valence-corrected chi connectivity index (χ3v) is 4.09. The van der Waals surface area contributed by atoms with E-state index in [1.807, 2.05) is 0 Å². The molecule has 0 aromatic heterocycles. The van der Waals surface area contributed by atoms with Gasteiger partial charge in [-0.15, -0.1) is 0 Å². The molecule has 1 N–H and O–H groups in total. The van der Waals surface area contributed by atoms with Crippen molar-refractivity contribution in [2.75, 3.05) is 6.54 Å². The van der Waals surface area contributed by atoms with Gasteiger partial charge in [-0.25, -0.2) is 0 Å². The molecule has 0 saturated heterocycles. The average Bonchev–Trinajstić information content (AvgIpc) is 3.09. The Balaban J connectivity index is 1.85. The Morgan fingerprint density at radius 3 is 2.53 bits per heavy atom. The third kappa shape index (κ3) is 3.57. The topological polar surface area (TPSA) is 12.0 Å². The lowest BCUT2D eigenvalue weighted by Gasteiger charge is -2.25.